The minimum atomic E-state index is 0.332. The lowest BCUT2D eigenvalue weighted by molar-refractivity contribution is -0.146. The van der Waals surface area contributed by atoms with E-state index in [4.69, 9.17) is 4.74 Å². The predicted octanol–water partition coefficient (Wildman–Crippen LogP) is 2.99. The SMILES string of the molecule is CCOC1CC(NC(=NC)N2CCC(Cc3cnn(C)c3)C2)C12CCCCC2. The minimum absolute atomic E-state index is 0.332. The van der Waals surface area contributed by atoms with Gasteiger partial charge in [-0.15, -0.1) is 0 Å². The van der Waals surface area contributed by atoms with Gasteiger partial charge in [-0.3, -0.25) is 9.67 Å². The fourth-order valence-corrected chi connectivity index (χ4v) is 5.82. The summed E-state index contributed by atoms with van der Waals surface area (Å²) in [6.07, 6.45) is 14.7. The zero-order valence-corrected chi connectivity index (χ0v) is 17.9. The Morgan fingerprint density at radius 3 is 2.86 bits per heavy atom. The first-order valence-electron chi connectivity index (χ1n) is 11.2. The zero-order chi connectivity index (χ0) is 19.6. The molecule has 0 amide bonds. The zero-order valence-electron chi connectivity index (χ0n) is 17.9. The number of rotatable bonds is 5. The predicted molar refractivity (Wildman–Crippen MR) is 112 cm³/mol. The fourth-order valence-electron chi connectivity index (χ4n) is 5.82. The highest BCUT2D eigenvalue weighted by Crippen LogP contribution is 2.53. The summed E-state index contributed by atoms with van der Waals surface area (Å²) in [5.74, 6) is 1.78. The van der Waals surface area contributed by atoms with Crippen molar-refractivity contribution in [1.29, 1.82) is 0 Å². The molecule has 1 aliphatic heterocycles. The van der Waals surface area contributed by atoms with Gasteiger partial charge in [-0.25, -0.2) is 0 Å². The lowest BCUT2D eigenvalue weighted by Gasteiger charge is -2.58. The quantitative estimate of drug-likeness (QED) is 0.623. The molecule has 3 atom stereocenters. The van der Waals surface area contributed by atoms with Crippen LogP contribution >= 0.6 is 0 Å². The molecule has 4 rings (SSSR count). The van der Waals surface area contributed by atoms with Gasteiger partial charge in [-0.2, -0.15) is 5.10 Å². The van der Waals surface area contributed by atoms with E-state index < -0.39 is 0 Å². The topological polar surface area (TPSA) is 54.7 Å². The first-order chi connectivity index (χ1) is 13.6. The summed E-state index contributed by atoms with van der Waals surface area (Å²) in [6.45, 7) is 5.14. The van der Waals surface area contributed by atoms with Gasteiger partial charge in [0.25, 0.3) is 0 Å². The number of nitrogens with one attached hydrogen (secondary N) is 1. The summed E-state index contributed by atoms with van der Waals surface area (Å²) in [5.41, 5.74) is 1.68. The van der Waals surface area contributed by atoms with E-state index in [-0.39, 0.29) is 0 Å². The number of aliphatic imine (C=N–C) groups is 1. The van der Waals surface area contributed by atoms with Crippen molar-refractivity contribution in [3.63, 3.8) is 0 Å². The molecule has 6 nitrogen and oxygen atoms in total. The van der Waals surface area contributed by atoms with E-state index in [9.17, 15) is 0 Å². The van der Waals surface area contributed by atoms with Crippen LogP contribution in [0.3, 0.4) is 0 Å². The molecule has 3 unspecified atom stereocenters. The normalized spacial score (nSPS) is 29.9. The second-order valence-electron chi connectivity index (χ2n) is 9.04. The molecule has 2 saturated carbocycles. The van der Waals surface area contributed by atoms with Crippen LogP contribution in [0, 0.1) is 11.3 Å². The molecule has 0 radical (unpaired) electrons. The molecule has 1 spiro atoms. The molecular weight excluding hydrogens is 350 g/mol. The first kappa shape index (κ1) is 19.7. The number of likely N-dealkylation sites (tertiary alicyclic amines) is 1. The van der Waals surface area contributed by atoms with Crippen LogP contribution in [-0.2, 0) is 18.2 Å². The van der Waals surface area contributed by atoms with Crippen LogP contribution in [0.1, 0.15) is 57.4 Å². The van der Waals surface area contributed by atoms with E-state index in [1.165, 1.54) is 44.1 Å². The molecule has 1 aromatic heterocycles. The minimum Gasteiger partial charge on any atom is -0.378 e. The summed E-state index contributed by atoms with van der Waals surface area (Å²) in [4.78, 5) is 7.12. The maximum absolute atomic E-state index is 6.13. The molecule has 1 aromatic rings. The highest BCUT2D eigenvalue weighted by Gasteiger charge is 2.56. The van der Waals surface area contributed by atoms with Gasteiger partial charge in [0.1, 0.15) is 0 Å². The van der Waals surface area contributed by atoms with E-state index in [2.05, 4.69) is 33.4 Å². The lowest BCUT2D eigenvalue weighted by atomic mass is 9.55. The van der Waals surface area contributed by atoms with Gasteiger partial charge >= 0.3 is 0 Å². The Labute approximate surface area is 169 Å². The molecule has 2 heterocycles. The number of ether oxygens (including phenoxy) is 1. The van der Waals surface area contributed by atoms with Crippen LogP contribution < -0.4 is 5.32 Å². The highest BCUT2D eigenvalue weighted by atomic mass is 16.5. The van der Waals surface area contributed by atoms with Crippen molar-refractivity contribution in [3.8, 4) is 0 Å². The van der Waals surface area contributed by atoms with E-state index in [0.717, 1.165) is 38.5 Å². The van der Waals surface area contributed by atoms with Crippen LogP contribution in [0.5, 0.6) is 0 Å². The Morgan fingerprint density at radius 1 is 1.36 bits per heavy atom. The van der Waals surface area contributed by atoms with Crippen molar-refractivity contribution in [3.05, 3.63) is 18.0 Å². The first-order valence-corrected chi connectivity index (χ1v) is 11.2. The van der Waals surface area contributed by atoms with Gasteiger partial charge in [-0.1, -0.05) is 19.3 Å². The molecule has 28 heavy (non-hydrogen) atoms. The van der Waals surface area contributed by atoms with Crippen LogP contribution in [0.2, 0.25) is 0 Å². The van der Waals surface area contributed by atoms with Crippen molar-refractivity contribution >= 4 is 5.96 Å². The number of hydrogen-bond acceptors (Lipinski definition) is 3. The molecule has 0 aromatic carbocycles. The highest BCUT2D eigenvalue weighted by molar-refractivity contribution is 5.80. The molecule has 156 valence electrons. The van der Waals surface area contributed by atoms with Crippen molar-refractivity contribution in [2.75, 3.05) is 26.7 Å². The molecule has 1 saturated heterocycles. The Balaban J connectivity index is 1.36. The molecule has 2 aliphatic carbocycles. The largest absolute Gasteiger partial charge is 0.378 e. The van der Waals surface area contributed by atoms with Crippen molar-refractivity contribution in [1.82, 2.24) is 20.0 Å². The monoisotopic (exact) mass is 387 g/mol. The van der Waals surface area contributed by atoms with E-state index in [1.807, 2.05) is 25.0 Å². The molecule has 0 bridgehead atoms. The molecular formula is C22H37N5O. The second-order valence-corrected chi connectivity index (χ2v) is 9.04. The third kappa shape index (κ3) is 3.80. The van der Waals surface area contributed by atoms with Gasteiger partial charge in [0.15, 0.2) is 5.96 Å². The average Bonchev–Trinajstić information content (AvgIpc) is 3.34. The fraction of sp³-hybridized carbons (Fsp3) is 0.818. The molecule has 1 N–H and O–H groups in total. The maximum Gasteiger partial charge on any atom is 0.193 e. The average molecular weight is 388 g/mol. The van der Waals surface area contributed by atoms with Gasteiger partial charge in [0.2, 0.25) is 0 Å². The summed E-state index contributed by atoms with van der Waals surface area (Å²) in [6, 6.07) is 0.514. The number of aromatic nitrogens is 2. The smallest absolute Gasteiger partial charge is 0.193 e. The van der Waals surface area contributed by atoms with Crippen LogP contribution in [0.25, 0.3) is 0 Å². The van der Waals surface area contributed by atoms with E-state index in [0.29, 0.717) is 23.5 Å². The third-order valence-corrected chi connectivity index (χ3v) is 7.32. The van der Waals surface area contributed by atoms with Gasteiger partial charge < -0.3 is 15.0 Å². The van der Waals surface area contributed by atoms with Gasteiger partial charge in [0.05, 0.1) is 12.3 Å². The van der Waals surface area contributed by atoms with Crippen molar-refractivity contribution in [2.24, 2.45) is 23.4 Å². The number of nitrogens with zero attached hydrogens (tertiary/aromatic N) is 4. The molecule has 3 aliphatic rings. The lowest BCUT2D eigenvalue weighted by Crippen LogP contribution is -2.66. The standard InChI is InChI=1S/C22H37N5O/c1-4-28-20-13-19(22(20)9-6-5-7-10-22)25-21(23-2)27-11-8-17(16-27)12-18-14-24-26(3)15-18/h14-15,17,19-20H,4-13,16H2,1-3H3,(H,23,25). The maximum atomic E-state index is 6.13. The summed E-state index contributed by atoms with van der Waals surface area (Å²) in [5, 5.41) is 8.17. The number of hydrogen-bond donors (Lipinski definition) is 1. The van der Waals surface area contributed by atoms with Crippen molar-refractivity contribution in [2.45, 2.75) is 70.4 Å². The third-order valence-electron chi connectivity index (χ3n) is 7.32. The Kier molecular flexibility index (Phi) is 5.95. The number of guanidine groups is 1. The van der Waals surface area contributed by atoms with Crippen molar-refractivity contribution < 1.29 is 4.74 Å². The van der Waals surface area contributed by atoms with Gasteiger partial charge in [0, 0.05) is 51.4 Å². The molecule has 3 fully saturated rings. The van der Waals surface area contributed by atoms with E-state index in [1.54, 1.807) is 0 Å². The van der Waals surface area contributed by atoms with Crippen LogP contribution in [0.4, 0.5) is 0 Å². The summed E-state index contributed by atoms with van der Waals surface area (Å²) < 4.78 is 8.03. The Morgan fingerprint density at radius 2 is 2.18 bits per heavy atom. The number of aryl methyl sites for hydroxylation is 1. The van der Waals surface area contributed by atoms with Crippen LogP contribution in [0.15, 0.2) is 17.4 Å². The van der Waals surface area contributed by atoms with Gasteiger partial charge in [-0.05, 0) is 50.5 Å². The van der Waals surface area contributed by atoms with Crippen LogP contribution in [-0.4, -0.2) is 59.5 Å². The molecule has 6 heteroatoms. The summed E-state index contributed by atoms with van der Waals surface area (Å²) >= 11 is 0. The summed E-state index contributed by atoms with van der Waals surface area (Å²) in [7, 11) is 3.93. The Hall–Kier alpha value is -1.56. The second kappa shape index (κ2) is 8.44. The van der Waals surface area contributed by atoms with E-state index >= 15 is 0 Å². The Bertz CT molecular complexity index is 678.